The van der Waals surface area contributed by atoms with Gasteiger partial charge in [-0.15, -0.1) is 0 Å². The normalized spacial score (nSPS) is 15.1. The fourth-order valence-corrected chi connectivity index (χ4v) is 2.87. The lowest BCUT2D eigenvalue weighted by molar-refractivity contribution is -0.117. The lowest BCUT2D eigenvalue weighted by Crippen LogP contribution is -2.23. The summed E-state index contributed by atoms with van der Waals surface area (Å²) in [6.45, 7) is 3.14. The Morgan fingerprint density at radius 2 is 1.70 bits per heavy atom. The first-order valence-electron chi connectivity index (χ1n) is 8.20. The maximum atomic E-state index is 11.7. The van der Waals surface area contributed by atoms with Crippen LogP contribution in [0.5, 0.6) is 0 Å². The number of unbranched alkanes of at least 4 members (excludes halogenated alkanes) is 5. The van der Waals surface area contributed by atoms with E-state index in [0.717, 1.165) is 18.7 Å². The second-order valence-corrected chi connectivity index (χ2v) is 5.83. The van der Waals surface area contributed by atoms with Gasteiger partial charge in [0.05, 0.1) is 0 Å². The van der Waals surface area contributed by atoms with Crippen LogP contribution in [0, 0.1) is 0 Å². The zero-order valence-corrected chi connectivity index (χ0v) is 12.7. The van der Waals surface area contributed by atoms with Crippen molar-refractivity contribution in [1.29, 1.82) is 0 Å². The molecular weight excluding hydrogens is 246 g/mol. The van der Waals surface area contributed by atoms with Gasteiger partial charge in [-0.25, -0.2) is 0 Å². The third kappa shape index (κ3) is 4.36. The van der Waals surface area contributed by atoms with Crippen LogP contribution in [-0.4, -0.2) is 12.5 Å². The van der Waals surface area contributed by atoms with E-state index < -0.39 is 0 Å². The average molecular weight is 273 g/mol. The predicted octanol–water partition coefficient (Wildman–Crippen LogP) is 4.72. The molecule has 0 atom stereocenters. The van der Waals surface area contributed by atoms with Gasteiger partial charge in [-0.1, -0.05) is 51.2 Å². The summed E-state index contributed by atoms with van der Waals surface area (Å²) in [5.74, 6) is 0.272. The number of rotatable bonds is 8. The van der Waals surface area contributed by atoms with Gasteiger partial charge in [0.1, 0.15) is 0 Å². The van der Waals surface area contributed by atoms with Crippen LogP contribution in [-0.2, 0) is 11.2 Å². The molecule has 2 nitrogen and oxygen atoms in total. The summed E-state index contributed by atoms with van der Waals surface area (Å²) in [6, 6.07) is 8.59. The van der Waals surface area contributed by atoms with Crippen LogP contribution in [0.1, 0.15) is 63.9 Å². The van der Waals surface area contributed by atoms with Crippen molar-refractivity contribution >= 4 is 11.6 Å². The van der Waals surface area contributed by atoms with Gasteiger partial charge in [0.25, 0.3) is 0 Å². The third-order valence-electron chi connectivity index (χ3n) is 4.14. The monoisotopic (exact) mass is 273 g/mol. The number of nitrogens with zero attached hydrogens (tertiary/aromatic N) is 1. The highest BCUT2D eigenvalue weighted by Crippen LogP contribution is 2.22. The zero-order valence-electron chi connectivity index (χ0n) is 12.7. The molecule has 1 aliphatic heterocycles. The molecular formula is C18H27NO. The molecule has 0 bridgehead atoms. The lowest BCUT2D eigenvalue weighted by atomic mass is 10.0. The number of hydrogen-bond acceptors (Lipinski definition) is 1. The van der Waals surface area contributed by atoms with Crippen LogP contribution in [0.3, 0.4) is 0 Å². The maximum Gasteiger partial charge on any atom is 0.227 e. The number of amides is 1. The number of benzene rings is 1. The van der Waals surface area contributed by atoms with Gasteiger partial charge >= 0.3 is 0 Å². The van der Waals surface area contributed by atoms with Crippen molar-refractivity contribution in [3.63, 3.8) is 0 Å². The molecule has 1 aliphatic rings. The van der Waals surface area contributed by atoms with Crippen LogP contribution in [0.4, 0.5) is 5.69 Å². The van der Waals surface area contributed by atoms with Gasteiger partial charge in [0.2, 0.25) is 5.91 Å². The second kappa shape index (κ2) is 8.08. The molecule has 2 heteroatoms. The topological polar surface area (TPSA) is 20.3 Å². The molecule has 1 aromatic rings. The molecule has 0 aromatic heterocycles. The van der Waals surface area contributed by atoms with Crippen LogP contribution in [0.15, 0.2) is 24.3 Å². The zero-order chi connectivity index (χ0) is 14.2. The van der Waals surface area contributed by atoms with Crippen molar-refractivity contribution in [2.45, 2.75) is 64.7 Å². The fraction of sp³-hybridized carbons (Fsp3) is 0.611. The average Bonchev–Trinajstić information content (AvgIpc) is 2.90. The van der Waals surface area contributed by atoms with Crippen molar-refractivity contribution in [2.75, 3.05) is 11.4 Å². The molecule has 0 aliphatic carbocycles. The largest absolute Gasteiger partial charge is 0.312 e. The Kier molecular flexibility index (Phi) is 6.10. The summed E-state index contributed by atoms with van der Waals surface area (Å²) < 4.78 is 0. The molecule has 1 heterocycles. The molecule has 2 rings (SSSR count). The predicted molar refractivity (Wildman–Crippen MR) is 85.1 cm³/mol. The van der Waals surface area contributed by atoms with E-state index in [0.29, 0.717) is 6.42 Å². The van der Waals surface area contributed by atoms with Crippen molar-refractivity contribution in [3.8, 4) is 0 Å². The lowest BCUT2D eigenvalue weighted by Gasteiger charge is -2.15. The van der Waals surface area contributed by atoms with Gasteiger partial charge in [-0.3, -0.25) is 4.79 Å². The second-order valence-electron chi connectivity index (χ2n) is 5.83. The smallest absolute Gasteiger partial charge is 0.227 e. The highest BCUT2D eigenvalue weighted by Gasteiger charge is 2.21. The van der Waals surface area contributed by atoms with Crippen molar-refractivity contribution in [2.24, 2.45) is 0 Å². The summed E-state index contributed by atoms with van der Waals surface area (Å²) in [5, 5.41) is 0. The van der Waals surface area contributed by atoms with Crippen molar-refractivity contribution < 1.29 is 4.79 Å². The van der Waals surface area contributed by atoms with Crippen LogP contribution in [0.2, 0.25) is 0 Å². The highest BCUT2D eigenvalue weighted by molar-refractivity contribution is 5.95. The molecule has 1 fully saturated rings. The molecule has 1 saturated heterocycles. The number of anilines is 1. The van der Waals surface area contributed by atoms with E-state index in [1.54, 1.807) is 0 Å². The first-order chi connectivity index (χ1) is 9.81. The SMILES string of the molecule is CCCCCCCCc1ccc(N2CCCC2=O)cc1. The summed E-state index contributed by atoms with van der Waals surface area (Å²) in [7, 11) is 0. The van der Waals surface area contributed by atoms with Crippen LogP contribution >= 0.6 is 0 Å². The molecule has 1 aromatic carbocycles. The van der Waals surface area contributed by atoms with Gasteiger partial charge in [0, 0.05) is 18.7 Å². The van der Waals surface area contributed by atoms with E-state index in [1.165, 1.54) is 50.5 Å². The number of carbonyl (C=O) groups is 1. The summed E-state index contributed by atoms with van der Waals surface area (Å²) in [5.41, 5.74) is 2.47. The highest BCUT2D eigenvalue weighted by atomic mass is 16.2. The Morgan fingerprint density at radius 3 is 2.35 bits per heavy atom. The number of carbonyl (C=O) groups excluding carboxylic acids is 1. The van der Waals surface area contributed by atoms with E-state index in [9.17, 15) is 4.79 Å². The van der Waals surface area contributed by atoms with E-state index in [2.05, 4.69) is 31.2 Å². The maximum absolute atomic E-state index is 11.7. The quantitative estimate of drug-likeness (QED) is 0.628. The Hall–Kier alpha value is -1.31. The van der Waals surface area contributed by atoms with Gasteiger partial charge < -0.3 is 4.90 Å². The minimum absolute atomic E-state index is 0.272. The van der Waals surface area contributed by atoms with Gasteiger partial charge in [-0.2, -0.15) is 0 Å². The van der Waals surface area contributed by atoms with Crippen LogP contribution < -0.4 is 4.90 Å². The molecule has 0 spiro atoms. The summed E-state index contributed by atoms with van der Waals surface area (Å²) >= 11 is 0. The standard InChI is InChI=1S/C18H27NO/c1-2-3-4-5-6-7-9-16-11-13-17(14-12-16)19-15-8-10-18(19)20/h11-14H,2-10,15H2,1H3. The molecule has 1 amide bonds. The molecule has 110 valence electrons. The van der Waals surface area contributed by atoms with Gasteiger partial charge in [-0.05, 0) is 37.0 Å². The Bertz CT molecular complexity index is 410. The summed E-state index contributed by atoms with van der Waals surface area (Å²) in [4.78, 5) is 13.6. The fourth-order valence-electron chi connectivity index (χ4n) is 2.87. The Labute approximate surface area is 123 Å². The van der Waals surface area contributed by atoms with Crippen molar-refractivity contribution in [3.05, 3.63) is 29.8 Å². The number of aryl methyl sites for hydroxylation is 1. The first-order valence-corrected chi connectivity index (χ1v) is 8.20. The number of hydrogen-bond donors (Lipinski definition) is 0. The molecule has 0 saturated carbocycles. The van der Waals surface area contributed by atoms with E-state index in [4.69, 9.17) is 0 Å². The molecule has 0 unspecified atom stereocenters. The Morgan fingerprint density at radius 1 is 1.00 bits per heavy atom. The third-order valence-corrected chi connectivity index (χ3v) is 4.14. The van der Waals surface area contributed by atoms with E-state index >= 15 is 0 Å². The van der Waals surface area contributed by atoms with E-state index in [-0.39, 0.29) is 5.91 Å². The minimum Gasteiger partial charge on any atom is -0.312 e. The van der Waals surface area contributed by atoms with Crippen molar-refractivity contribution in [1.82, 2.24) is 0 Å². The van der Waals surface area contributed by atoms with Crippen LogP contribution in [0.25, 0.3) is 0 Å². The van der Waals surface area contributed by atoms with Gasteiger partial charge in [0.15, 0.2) is 0 Å². The minimum atomic E-state index is 0.272. The summed E-state index contributed by atoms with van der Waals surface area (Å²) in [6.07, 6.45) is 10.9. The molecule has 0 N–H and O–H groups in total. The molecule has 20 heavy (non-hydrogen) atoms. The first kappa shape index (κ1) is 15.1. The molecule has 0 radical (unpaired) electrons. The Balaban J connectivity index is 1.73. The van der Waals surface area contributed by atoms with E-state index in [1.807, 2.05) is 4.90 Å².